The fraction of sp³-hybridized carbons (Fsp3) is 0.458. The third-order valence-corrected chi connectivity index (χ3v) is 9.39. The molecule has 6 nitrogen and oxygen atoms in total. The van der Waals surface area contributed by atoms with Crippen LogP contribution in [0.4, 0.5) is 13.2 Å². The highest BCUT2D eigenvalue weighted by atomic mass is 35.5. The van der Waals surface area contributed by atoms with Crippen LogP contribution in [0.2, 0.25) is 15.1 Å². The van der Waals surface area contributed by atoms with Gasteiger partial charge < -0.3 is 15.1 Å². The van der Waals surface area contributed by atoms with Crippen LogP contribution in [0.1, 0.15) is 57.4 Å². The van der Waals surface area contributed by atoms with E-state index in [0.29, 0.717) is 39.0 Å². The summed E-state index contributed by atoms with van der Waals surface area (Å²) in [7, 11) is 0. The van der Waals surface area contributed by atoms with Crippen molar-refractivity contribution in [2.75, 3.05) is 13.1 Å². The molecule has 1 N–H and O–H groups in total. The number of nitrogens with zero attached hydrogens (tertiary/aromatic N) is 2. The Bertz CT molecular complexity index is 1310. The maximum atomic E-state index is 13.2. The third kappa shape index (κ3) is 5.05. The summed E-state index contributed by atoms with van der Waals surface area (Å²) in [5.41, 5.74) is 2.46. The number of halogens is 6. The van der Waals surface area contributed by atoms with Crippen LogP contribution in [0.3, 0.4) is 0 Å². The van der Waals surface area contributed by atoms with Crippen LogP contribution in [0.25, 0.3) is 0 Å². The lowest BCUT2D eigenvalue weighted by atomic mass is 9.90. The molecule has 1 aromatic heterocycles. The number of rotatable bonds is 5. The number of oxime groups is 1. The average Bonchev–Trinajstić information content (AvgIpc) is 3.58. The van der Waals surface area contributed by atoms with Gasteiger partial charge in [0.2, 0.25) is 5.91 Å². The summed E-state index contributed by atoms with van der Waals surface area (Å²) in [6, 6.07) is 2.39. The summed E-state index contributed by atoms with van der Waals surface area (Å²) in [6.45, 7) is 0.487. The number of carbonyl (C=O) groups excluding carboxylic acids is 2. The number of nitrogens with one attached hydrogen (secondary N) is 1. The molecule has 13 heteroatoms. The molecule has 37 heavy (non-hydrogen) atoms. The number of likely N-dealkylation sites (tertiary alicyclic amines) is 1. The first-order valence-corrected chi connectivity index (χ1v) is 13.5. The van der Waals surface area contributed by atoms with Crippen molar-refractivity contribution in [3.63, 3.8) is 0 Å². The molecular weight excluding hydrogens is 574 g/mol. The highest BCUT2D eigenvalue weighted by Gasteiger charge is 2.42. The van der Waals surface area contributed by atoms with Crippen molar-refractivity contribution in [3.05, 3.63) is 53.6 Å². The lowest BCUT2D eigenvalue weighted by Crippen LogP contribution is -2.43. The highest BCUT2D eigenvalue weighted by molar-refractivity contribution is 7.16. The Morgan fingerprint density at radius 2 is 1.92 bits per heavy atom. The zero-order valence-corrected chi connectivity index (χ0v) is 22.6. The SMILES string of the molecule is CC1(c2cc(Cl)c(Cl)c(Cl)c2)CC(c2sc(C(=O)NC3CCN(CC(F)(F)F)C3=O)c3c2CCC3)=NO1. The van der Waals surface area contributed by atoms with E-state index in [1.165, 1.54) is 11.3 Å². The van der Waals surface area contributed by atoms with E-state index in [1.807, 2.05) is 6.92 Å². The van der Waals surface area contributed by atoms with Gasteiger partial charge in [-0.25, -0.2) is 0 Å². The normalized spacial score (nSPS) is 23.3. The fourth-order valence-electron chi connectivity index (χ4n) is 5.03. The van der Waals surface area contributed by atoms with Crippen LogP contribution >= 0.6 is 46.1 Å². The number of benzene rings is 1. The summed E-state index contributed by atoms with van der Waals surface area (Å²) < 4.78 is 38.2. The van der Waals surface area contributed by atoms with Crippen LogP contribution < -0.4 is 5.32 Å². The minimum atomic E-state index is -4.49. The second-order valence-electron chi connectivity index (χ2n) is 9.55. The first-order valence-electron chi connectivity index (χ1n) is 11.6. The molecule has 1 fully saturated rings. The number of alkyl halides is 3. The summed E-state index contributed by atoms with van der Waals surface area (Å²) in [5, 5.41) is 7.84. The van der Waals surface area contributed by atoms with Gasteiger partial charge in [0.05, 0.1) is 24.8 Å². The molecule has 2 amide bonds. The van der Waals surface area contributed by atoms with Crippen molar-refractivity contribution in [1.29, 1.82) is 0 Å². The molecule has 2 atom stereocenters. The van der Waals surface area contributed by atoms with E-state index >= 15 is 0 Å². The van der Waals surface area contributed by atoms with Gasteiger partial charge in [0, 0.05) is 18.5 Å². The maximum absolute atomic E-state index is 13.2. The zero-order chi connectivity index (χ0) is 26.7. The van der Waals surface area contributed by atoms with Crippen LogP contribution in [0, 0.1) is 0 Å². The van der Waals surface area contributed by atoms with Crippen molar-refractivity contribution in [3.8, 4) is 0 Å². The van der Waals surface area contributed by atoms with E-state index in [-0.39, 0.29) is 18.0 Å². The van der Waals surface area contributed by atoms with E-state index in [1.54, 1.807) is 12.1 Å². The molecule has 0 spiro atoms. The molecule has 1 saturated heterocycles. The summed E-state index contributed by atoms with van der Waals surface area (Å²) in [6.07, 6.45) is -1.62. The summed E-state index contributed by atoms with van der Waals surface area (Å²) in [4.78, 5) is 33.5. The fourth-order valence-corrected chi connectivity index (χ4v) is 6.91. The van der Waals surface area contributed by atoms with E-state index in [0.717, 1.165) is 33.7 Å². The van der Waals surface area contributed by atoms with Gasteiger partial charge in [-0.05, 0) is 55.9 Å². The number of fused-ring (bicyclic) bond motifs is 1. The Hall–Kier alpha value is -2.01. The molecule has 5 rings (SSSR count). The van der Waals surface area contributed by atoms with Crippen LogP contribution in [-0.2, 0) is 28.1 Å². The number of thiophene rings is 1. The standard InChI is InChI=1S/C24H21Cl3F3N3O3S/c1-23(11-7-14(25)18(27)15(26)8-11)9-17(32-36-23)19-12-3-2-4-13(12)20(37-19)21(34)31-16-5-6-33(22(16)35)10-24(28,29)30/h7-8,16H,2-6,9-10H2,1H3,(H,31,34). The lowest BCUT2D eigenvalue weighted by molar-refractivity contribution is -0.157. The average molecular weight is 595 g/mol. The minimum absolute atomic E-state index is 0.0530. The molecular formula is C24H21Cl3F3N3O3S. The molecule has 1 aromatic carbocycles. The van der Waals surface area contributed by atoms with Gasteiger partial charge in [-0.15, -0.1) is 11.3 Å². The number of carbonyl (C=O) groups is 2. The number of hydrogen-bond donors (Lipinski definition) is 1. The lowest BCUT2D eigenvalue weighted by Gasteiger charge is -2.22. The molecule has 0 radical (unpaired) electrons. The molecule has 198 valence electrons. The van der Waals surface area contributed by atoms with Gasteiger partial charge in [-0.2, -0.15) is 13.2 Å². The first kappa shape index (κ1) is 26.6. The Morgan fingerprint density at radius 1 is 1.24 bits per heavy atom. The van der Waals surface area contributed by atoms with E-state index < -0.39 is 36.2 Å². The quantitative estimate of drug-likeness (QED) is 0.424. The predicted molar refractivity (Wildman–Crippen MR) is 136 cm³/mol. The molecule has 0 bridgehead atoms. The van der Waals surface area contributed by atoms with Crippen LogP contribution in [0.15, 0.2) is 17.3 Å². The first-order chi connectivity index (χ1) is 17.4. The Labute approximate surface area is 229 Å². The second-order valence-corrected chi connectivity index (χ2v) is 11.8. The molecule has 1 aliphatic carbocycles. The molecule has 2 aliphatic heterocycles. The molecule has 3 heterocycles. The van der Waals surface area contributed by atoms with Crippen molar-refractivity contribution < 1.29 is 27.6 Å². The van der Waals surface area contributed by atoms with Gasteiger partial charge >= 0.3 is 6.18 Å². The largest absolute Gasteiger partial charge is 0.406 e. The van der Waals surface area contributed by atoms with Gasteiger partial charge in [0.1, 0.15) is 18.3 Å². The topological polar surface area (TPSA) is 71.0 Å². The number of hydrogen-bond acceptors (Lipinski definition) is 5. The molecule has 3 aliphatic rings. The maximum Gasteiger partial charge on any atom is 0.406 e. The van der Waals surface area contributed by atoms with Crippen molar-refractivity contribution >= 4 is 63.7 Å². The van der Waals surface area contributed by atoms with Gasteiger partial charge in [-0.1, -0.05) is 40.0 Å². The molecule has 0 saturated carbocycles. The molecule has 2 unspecified atom stereocenters. The predicted octanol–water partition coefficient (Wildman–Crippen LogP) is 6.13. The van der Waals surface area contributed by atoms with E-state index in [9.17, 15) is 22.8 Å². The van der Waals surface area contributed by atoms with Crippen molar-refractivity contribution in [1.82, 2.24) is 10.2 Å². The number of amides is 2. The summed E-state index contributed by atoms with van der Waals surface area (Å²) >= 11 is 19.8. The Kier molecular flexibility index (Phi) is 6.92. The highest BCUT2D eigenvalue weighted by Crippen LogP contribution is 2.44. The third-order valence-electron chi connectivity index (χ3n) is 6.87. The second kappa shape index (κ2) is 9.63. The van der Waals surface area contributed by atoms with E-state index in [2.05, 4.69) is 10.5 Å². The Balaban J connectivity index is 1.35. The van der Waals surface area contributed by atoms with E-state index in [4.69, 9.17) is 39.6 Å². The molecule has 2 aromatic rings. The summed E-state index contributed by atoms with van der Waals surface area (Å²) in [5.74, 6) is -1.18. The Morgan fingerprint density at radius 3 is 2.59 bits per heavy atom. The zero-order valence-electron chi connectivity index (χ0n) is 19.5. The van der Waals surface area contributed by atoms with Crippen LogP contribution in [-0.4, -0.2) is 47.7 Å². The monoisotopic (exact) mass is 593 g/mol. The van der Waals surface area contributed by atoms with Crippen molar-refractivity contribution in [2.45, 2.75) is 56.8 Å². The van der Waals surface area contributed by atoms with Crippen LogP contribution in [0.5, 0.6) is 0 Å². The van der Waals surface area contributed by atoms with Crippen molar-refractivity contribution in [2.24, 2.45) is 5.16 Å². The van der Waals surface area contributed by atoms with Gasteiger partial charge in [0.25, 0.3) is 5.91 Å². The minimum Gasteiger partial charge on any atom is -0.384 e. The smallest absolute Gasteiger partial charge is 0.384 e. The van der Waals surface area contributed by atoms with Gasteiger partial charge in [0.15, 0.2) is 5.60 Å². The van der Waals surface area contributed by atoms with Gasteiger partial charge in [-0.3, -0.25) is 9.59 Å².